The van der Waals surface area contributed by atoms with Crippen LogP contribution in [0.1, 0.15) is 60.8 Å². The van der Waals surface area contributed by atoms with Crippen molar-refractivity contribution >= 4 is 45.4 Å². The summed E-state index contributed by atoms with van der Waals surface area (Å²) in [5.74, 6) is -1.49. The molecule has 0 aromatic carbocycles. The Morgan fingerprint density at radius 3 is 2.47 bits per heavy atom. The van der Waals surface area contributed by atoms with Crippen LogP contribution in [0.25, 0.3) is 0 Å². The summed E-state index contributed by atoms with van der Waals surface area (Å²) in [5, 5.41) is 15.8. The van der Waals surface area contributed by atoms with E-state index in [1.165, 1.54) is 4.90 Å². The number of likely N-dealkylation sites (tertiary alicyclic amines) is 1. The van der Waals surface area contributed by atoms with Crippen LogP contribution >= 0.6 is 27.7 Å². The van der Waals surface area contributed by atoms with Gasteiger partial charge in [0.05, 0.1) is 23.2 Å². The molecule has 32 heavy (non-hydrogen) atoms. The second-order valence-electron chi connectivity index (χ2n) is 11.3. The van der Waals surface area contributed by atoms with E-state index < -0.39 is 28.2 Å². The number of alkyl halides is 1. The predicted octanol–water partition coefficient (Wildman–Crippen LogP) is 2.30. The summed E-state index contributed by atoms with van der Waals surface area (Å²) >= 11 is 5.37. The number of hydrogen-bond donors (Lipinski definition) is 3. The lowest BCUT2D eigenvalue weighted by molar-refractivity contribution is -0.140. The maximum Gasteiger partial charge on any atom is 0.244 e. The number of aliphatic hydroxyl groups is 1. The molecule has 0 saturated carbocycles. The van der Waals surface area contributed by atoms with E-state index in [-0.39, 0.29) is 46.4 Å². The minimum absolute atomic E-state index is 0.0257. The minimum atomic E-state index is -0.703. The highest BCUT2D eigenvalue weighted by atomic mass is 79.9. The number of β-amino-alcohol motifs (C(OH)–C–C–N with tert-alkyl or cyclic N) is 1. The van der Waals surface area contributed by atoms with E-state index in [2.05, 4.69) is 47.3 Å². The van der Waals surface area contributed by atoms with Crippen LogP contribution in [0.2, 0.25) is 0 Å². The topological polar surface area (TPSA) is 98.7 Å². The zero-order valence-corrected chi connectivity index (χ0v) is 22.4. The van der Waals surface area contributed by atoms with Gasteiger partial charge in [0.15, 0.2) is 0 Å². The molecule has 3 aliphatic rings. The van der Waals surface area contributed by atoms with Gasteiger partial charge in [0.2, 0.25) is 17.7 Å². The fourth-order valence-corrected chi connectivity index (χ4v) is 9.83. The molecule has 0 aromatic heterocycles. The molecule has 0 radical (unpaired) electrons. The average molecular weight is 533 g/mol. The molecule has 3 rings (SSSR count). The number of rotatable bonds is 8. The summed E-state index contributed by atoms with van der Waals surface area (Å²) in [5.41, 5.74) is -0.428. The molecule has 3 saturated heterocycles. The van der Waals surface area contributed by atoms with Crippen LogP contribution in [-0.4, -0.2) is 73.8 Å². The molecule has 182 valence electrons. The molecule has 3 heterocycles. The smallest absolute Gasteiger partial charge is 0.244 e. The Morgan fingerprint density at radius 2 is 1.91 bits per heavy atom. The molecular formula is C23H38BrN3O4S. The van der Waals surface area contributed by atoms with Crippen molar-refractivity contribution in [3.8, 4) is 0 Å². The van der Waals surface area contributed by atoms with E-state index in [9.17, 15) is 19.5 Å². The van der Waals surface area contributed by atoms with Gasteiger partial charge in [-0.15, -0.1) is 11.8 Å². The minimum Gasteiger partial charge on any atom is -0.395 e. The number of halogens is 1. The van der Waals surface area contributed by atoms with Gasteiger partial charge in [0.1, 0.15) is 6.04 Å². The van der Waals surface area contributed by atoms with E-state index in [4.69, 9.17) is 0 Å². The number of amides is 3. The van der Waals surface area contributed by atoms with Gasteiger partial charge >= 0.3 is 0 Å². The van der Waals surface area contributed by atoms with Gasteiger partial charge < -0.3 is 20.6 Å². The van der Waals surface area contributed by atoms with Gasteiger partial charge in [-0.05, 0) is 38.5 Å². The maximum atomic E-state index is 13.7. The lowest BCUT2D eigenvalue weighted by Crippen LogP contribution is -2.59. The highest BCUT2D eigenvalue weighted by molar-refractivity contribution is 9.09. The van der Waals surface area contributed by atoms with Gasteiger partial charge in [0, 0.05) is 28.7 Å². The Hall–Kier alpha value is -0.800. The van der Waals surface area contributed by atoms with Gasteiger partial charge in [-0.2, -0.15) is 0 Å². The highest BCUT2D eigenvalue weighted by Gasteiger charge is 2.75. The second-order valence-corrected chi connectivity index (χ2v) is 14.0. The third-order valence-electron chi connectivity index (χ3n) is 6.66. The Morgan fingerprint density at radius 1 is 1.25 bits per heavy atom. The van der Waals surface area contributed by atoms with E-state index in [0.29, 0.717) is 13.0 Å². The molecule has 2 bridgehead atoms. The summed E-state index contributed by atoms with van der Waals surface area (Å²) in [7, 11) is 0. The normalized spacial score (nSPS) is 34.1. The van der Waals surface area contributed by atoms with Crippen LogP contribution in [0.5, 0.6) is 0 Å². The lowest BCUT2D eigenvalue weighted by Gasteiger charge is -2.39. The van der Waals surface area contributed by atoms with Crippen molar-refractivity contribution in [1.29, 1.82) is 0 Å². The third kappa shape index (κ3) is 4.58. The van der Waals surface area contributed by atoms with Crippen LogP contribution in [0.4, 0.5) is 0 Å². The van der Waals surface area contributed by atoms with Crippen molar-refractivity contribution in [3.63, 3.8) is 0 Å². The van der Waals surface area contributed by atoms with E-state index in [1.807, 2.05) is 20.8 Å². The first-order chi connectivity index (χ1) is 14.8. The molecular weight excluding hydrogens is 494 g/mol. The molecule has 1 spiro atoms. The van der Waals surface area contributed by atoms with Crippen LogP contribution in [-0.2, 0) is 14.4 Å². The molecule has 0 aromatic rings. The summed E-state index contributed by atoms with van der Waals surface area (Å²) < 4.78 is -0.665. The average Bonchev–Trinajstić information content (AvgIpc) is 3.21. The van der Waals surface area contributed by atoms with Crippen molar-refractivity contribution in [1.82, 2.24) is 15.5 Å². The Labute approximate surface area is 204 Å². The fraction of sp³-hybridized carbons (Fsp3) is 0.870. The van der Waals surface area contributed by atoms with Gasteiger partial charge in [-0.25, -0.2) is 0 Å². The zero-order valence-electron chi connectivity index (χ0n) is 20.0. The van der Waals surface area contributed by atoms with Crippen LogP contribution < -0.4 is 10.6 Å². The van der Waals surface area contributed by atoms with Crippen LogP contribution in [0.3, 0.4) is 0 Å². The van der Waals surface area contributed by atoms with Crippen molar-refractivity contribution < 1.29 is 19.5 Å². The molecule has 0 aliphatic carbocycles. The first-order valence-electron chi connectivity index (χ1n) is 11.6. The number of nitrogens with one attached hydrogen (secondary N) is 2. The number of carbonyl (C=O) groups excluding carboxylic acids is 3. The Bertz CT molecular complexity index is 771. The van der Waals surface area contributed by atoms with Crippen molar-refractivity contribution in [3.05, 3.63) is 0 Å². The van der Waals surface area contributed by atoms with Gasteiger partial charge in [-0.1, -0.05) is 43.6 Å². The Kier molecular flexibility index (Phi) is 7.34. The number of nitrogens with zero attached hydrogens (tertiary/aromatic N) is 1. The number of hydrogen-bond acceptors (Lipinski definition) is 5. The standard InChI is InChI=1S/C23H38BrN3O4S/c1-7-8-25-18(29)14-15-20(31)27(9-10-28)17(23(15)11-13(24)16(14)32-23)19(30)26-22(5,6)12-21(2,3)4/h13-17,28H,7-12H2,1-6H3,(H,25,29)(H,26,30)/t13?,14-,15+,16-,17?,23?/m1/s1. The molecule has 3 aliphatic heterocycles. The number of fused-ring (bicyclic) bond motifs is 1. The van der Waals surface area contributed by atoms with E-state index in [1.54, 1.807) is 11.8 Å². The Balaban J connectivity index is 1.95. The van der Waals surface area contributed by atoms with Gasteiger partial charge in [-0.3, -0.25) is 14.4 Å². The highest BCUT2D eigenvalue weighted by Crippen LogP contribution is 2.67. The van der Waals surface area contributed by atoms with Crippen molar-refractivity contribution in [2.24, 2.45) is 17.3 Å². The summed E-state index contributed by atoms with van der Waals surface area (Å²) in [6, 6.07) is -0.703. The van der Waals surface area contributed by atoms with E-state index >= 15 is 0 Å². The van der Waals surface area contributed by atoms with Crippen molar-refractivity contribution in [2.75, 3.05) is 19.7 Å². The monoisotopic (exact) mass is 531 g/mol. The number of thioether (sulfide) groups is 1. The van der Waals surface area contributed by atoms with Crippen LogP contribution in [0, 0.1) is 17.3 Å². The molecule has 3 unspecified atom stereocenters. The summed E-state index contributed by atoms with van der Waals surface area (Å²) in [4.78, 5) is 42.0. The van der Waals surface area contributed by atoms with Crippen LogP contribution in [0.15, 0.2) is 0 Å². The molecule has 3 fully saturated rings. The maximum absolute atomic E-state index is 13.7. The molecule has 7 nitrogen and oxygen atoms in total. The summed E-state index contributed by atoms with van der Waals surface area (Å²) in [6.45, 7) is 12.9. The quantitative estimate of drug-likeness (QED) is 0.417. The first kappa shape index (κ1) is 25.8. The number of aliphatic hydroxyl groups excluding tert-OH is 1. The zero-order chi connectivity index (χ0) is 24.1. The molecule has 6 atom stereocenters. The second kappa shape index (κ2) is 9.10. The fourth-order valence-electron chi connectivity index (χ4n) is 6.22. The SMILES string of the molecule is CCCNC(=O)[C@H]1[C@@H]2SC3(CC2Br)C(C(=O)NC(C)(C)CC(C)(C)C)N(CCO)C(=O)[C@H]13. The third-order valence-corrected chi connectivity index (χ3v) is 9.88. The first-order valence-corrected chi connectivity index (χ1v) is 13.4. The molecule has 9 heteroatoms. The number of carbonyl (C=O) groups is 3. The predicted molar refractivity (Wildman–Crippen MR) is 131 cm³/mol. The van der Waals surface area contributed by atoms with Crippen molar-refractivity contribution in [2.45, 2.75) is 87.2 Å². The molecule has 3 N–H and O–H groups in total. The molecule has 3 amide bonds. The van der Waals surface area contributed by atoms with E-state index in [0.717, 1.165) is 12.8 Å². The van der Waals surface area contributed by atoms with Gasteiger partial charge in [0.25, 0.3) is 0 Å². The summed E-state index contributed by atoms with van der Waals surface area (Å²) in [6.07, 6.45) is 2.25. The largest absolute Gasteiger partial charge is 0.395 e. The lowest BCUT2D eigenvalue weighted by atomic mass is 9.70.